The summed E-state index contributed by atoms with van der Waals surface area (Å²) < 4.78 is 29.3. The molecule has 0 atom stereocenters. The number of nitrogens with one attached hydrogen (secondary N) is 1. The predicted molar refractivity (Wildman–Crippen MR) is 87.2 cm³/mol. The molecule has 0 aliphatic rings. The zero-order valence-corrected chi connectivity index (χ0v) is 12.9. The van der Waals surface area contributed by atoms with Gasteiger partial charge in [0.15, 0.2) is 0 Å². The molecule has 23 heavy (non-hydrogen) atoms. The Hall–Kier alpha value is -2.34. The monoisotopic (exact) mass is 322 g/mol. The Morgan fingerprint density at radius 2 is 1.83 bits per heavy atom. The van der Waals surface area contributed by atoms with E-state index in [1.807, 2.05) is 36.2 Å². The summed E-state index contributed by atoms with van der Waals surface area (Å²) in [6.07, 6.45) is 0. The van der Waals surface area contributed by atoms with Crippen LogP contribution in [0.2, 0.25) is 0 Å². The van der Waals surface area contributed by atoms with Crippen molar-refractivity contribution in [3.63, 3.8) is 0 Å². The van der Waals surface area contributed by atoms with Crippen LogP contribution in [0.5, 0.6) is 5.75 Å². The molecular weight excluding hydrogens is 302 g/mol. The second kappa shape index (κ2) is 8.33. The highest BCUT2D eigenvalue weighted by molar-refractivity contribution is 5.55. The third-order valence-corrected chi connectivity index (χ3v) is 3.42. The Kier molecular flexibility index (Phi) is 6.17. The first-order valence-corrected chi connectivity index (χ1v) is 7.29. The van der Waals surface area contributed by atoms with Crippen LogP contribution in [0.15, 0.2) is 48.5 Å². The van der Waals surface area contributed by atoms with Crippen LogP contribution in [-0.4, -0.2) is 31.9 Å². The fourth-order valence-electron chi connectivity index (χ4n) is 2.17. The number of rotatable bonds is 8. The van der Waals surface area contributed by atoms with Gasteiger partial charge >= 0.3 is 6.61 Å². The van der Waals surface area contributed by atoms with Gasteiger partial charge in [-0.1, -0.05) is 18.2 Å². The van der Waals surface area contributed by atoms with Crippen LogP contribution >= 0.6 is 0 Å². The smallest absolute Gasteiger partial charge is 0.387 e. The van der Waals surface area contributed by atoms with Gasteiger partial charge in [0.1, 0.15) is 5.75 Å². The minimum atomic E-state index is -2.84. The maximum Gasteiger partial charge on any atom is 0.387 e. The van der Waals surface area contributed by atoms with Crippen molar-refractivity contribution in [1.82, 2.24) is 0 Å². The first-order chi connectivity index (χ1) is 11.1. The van der Waals surface area contributed by atoms with Crippen LogP contribution < -0.4 is 15.0 Å². The average Bonchev–Trinajstić information content (AvgIpc) is 2.54. The van der Waals surface area contributed by atoms with Crippen molar-refractivity contribution >= 4 is 11.4 Å². The van der Waals surface area contributed by atoms with Crippen LogP contribution in [0.3, 0.4) is 0 Å². The van der Waals surface area contributed by atoms with Crippen LogP contribution in [0, 0.1) is 0 Å². The molecule has 0 saturated heterocycles. The SMILES string of the molecule is CN(CCO)c1ccc(NCc2ccccc2OC(F)F)cc1. The average molecular weight is 322 g/mol. The van der Waals surface area contributed by atoms with Crippen molar-refractivity contribution in [1.29, 1.82) is 0 Å². The van der Waals surface area contributed by atoms with Gasteiger partial charge in [0, 0.05) is 37.1 Å². The number of alkyl halides is 2. The second-order valence-corrected chi connectivity index (χ2v) is 5.03. The van der Waals surface area contributed by atoms with E-state index in [1.165, 1.54) is 6.07 Å². The normalized spacial score (nSPS) is 10.7. The van der Waals surface area contributed by atoms with E-state index < -0.39 is 6.61 Å². The third kappa shape index (κ3) is 5.10. The van der Waals surface area contributed by atoms with Crippen molar-refractivity contribution in [3.8, 4) is 5.75 Å². The highest BCUT2D eigenvalue weighted by Crippen LogP contribution is 2.22. The van der Waals surface area contributed by atoms with Gasteiger partial charge in [0.05, 0.1) is 6.61 Å². The molecule has 0 aliphatic heterocycles. The molecule has 0 spiro atoms. The number of anilines is 2. The number of para-hydroxylation sites is 1. The number of hydrogen-bond acceptors (Lipinski definition) is 4. The quantitative estimate of drug-likeness (QED) is 0.782. The number of nitrogens with zero attached hydrogens (tertiary/aromatic N) is 1. The minimum absolute atomic E-state index is 0.0947. The molecule has 6 heteroatoms. The van der Waals surface area contributed by atoms with E-state index >= 15 is 0 Å². The fraction of sp³-hybridized carbons (Fsp3) is 0.294. The summed E-state index contributed by atoms with van der Waals surface area (Å²) in [5.74, 6) is 0.175. The van der Waals surface area contributed by atoms with Crippen LogP contribution in [0.25, 0.3) is 0 Å². The summed E-state index contributed by atoms with van der Waals surface area (Å²) in [7, 11) is 1.90. The predicted octanol–water partition coefficient (Wildman–Crippen LogP) is 3.33. The molecule has 4 nitrogen and oxygen atoms in total. The minimum Gasteiger partial charge on any atom is -0.434 e. The molecule has 2 aromatic carbocycles. The highest BCUT2D eigenvalue weighted by atomic mass is 19.3. The summed E-state index contributed by atoms with van der Waals surface area (Å²) in [5.41, 5.74) is 2.53. The summed E-state index contributed by atoms with van der Waals surface area (Å²) in [6.45, 7) is -1.80. The molecule has 2 N–H and O–H groups in total. The van der Waals surface area contributed by atoms with E-state index in [1.54, 1.807) is 18.2 Å². The van der Waals surface area contributed by atoms with Crippen molar-refractivity contribution in [2.45, 2.75) is 13.2 Å². The first-order valence-electron chi connectivity index (χ1n) is 7.29. The molecule has 0 amide bonds. The van der Waals surface area contributed by atoms with E-state index in [0.29, 0.717) is 18.7 Å². The standard InChI is InChI=1S/C17H20F2N2O2/c1-21(10-11-22)15-8-6-14(7-9-15)20-12-13-4-2-3-5-16(13)23-17(18)19/h2-9,17,20,22H,10-12H2,1H3. The molecule has 0 aromatic heterocycles. The lowest BCUT2D eigenvalue weighted by atomic mass is 10.2. The van der Waals surface area contributed by atoms with Gasteiger partial charge in [-0.15, -0.1) is 0 Å². The maximum absolute atomic E-state index is 12.4. The van der Waals surface area contributed by atoms with E-state index in [2.05, 4.69) is 10.1 Å². The van der Waals surface area contributed by atoms with Crippen LogP contribution in [-0.2, 0) is 6.54 Å². The summed E-state index contributed by atoms with van der Waals surface area (Å²) in [4.78, 5) is 1.94. The van der Waals surface area contributed by atoms with Gasteiger partial charge in [-0.3, -0.25) is 0 Å². The largest absolute Gasteiger partial charge is 0.434 e. The Morgan fingerprint density at radius 3 is 2.48 bits per heavy atom. The van der Waals surface area contributed by atoms with Crippen molar-refractivity contribution in [2.75, 3.05) is 30.4 Å². The van der Waals surface area contributed by atoms with Gasteiger partial charge in [0.25, 0.3) is 0 Å². The van der Waals surface area contributed by atoms with Gasteiger partial charge in [-0.2, -0.15) is 8.78 Å². The number of aliphatic hydroxyl groups excluding tert-OH is 1. The number of ether oxygens (including phenoxy) is 1. The van der Waals surface area contributed by atoms with Gasteiger partial charge in [-0.25, -0.2) is 0 Å². The number of benzene rings is 2. The second-order valence-electron chi connectivity index (χ2n) is 5.03. The Bertz CT molecular complexity index is 606. The van der Waals surface area contributed by atoms with E-state index in [-0.39, 0.29) is 12.4 Å². The van der Waals surface area contributed by atoms with Crippen LogP contribution in [0.4, 0.5) is 20.2 Å². The summed E-state index contributed by atoms with van der Waals surface area (Å²) >= 11 is 0. The molecule has 0 saturated carbocycles. The molecular formula is C17H20F2N2O2. The molecule has 0 unspecified atom stereocenters. The molecule has 0 radical (unpaired) electrons. The lowest BCUT2D eigenvalue weighted by molar-refractivity contribution is -0.0504. The summed E-state index contributed by atoms with van der Waals surface area (Å²) in [5, 5.41) is 12.1. The molecule has 2 rings (SSSR count). The first kappa shape index (κ1) is 17.0. The highest BCUT2D eigenvalue weighted by Gasteiger charge is 2.08. The number of likely N-dealkylation sites (N-methyl/N-ethyl adjacent to an activating group) is 1. The number of aliphatic hydroxyl groups is 1. The van der Waals surface area contributed by atoms with Crippen molar-refractivity contribution in [3.05, 3.63) is 54.1 Å². The van der Waals surface area contributed by atoms with Gasteiger partial charge in [-0.05, 0) is 30.3 Å². The lowest BCUT2D eigenvalue weighted by Gasteiger charge is -2.18. The zero-order valence-electron chi connectivity index (χ0n) is 12.9. The molecule has 124 valence electrons. The lowest BCUT2D eigenvalue weighted by Crippen LogP contribution is -2.20. The third-order valence-electron chi connectivity index (χ3n) is 3.42. The molecule has 0 aliphatic carbocycles. The van der Waals surface area contributed by atoms with Crippen molar-refractivity contribution in [2.24, 2.45) is 0 Å². The van der Waals surface area contributed by atoms with E-state index in [4.69, 9.17) is 5.11 Å². The fourth-order valence-corrected chi connectivity index (χ4v) is 2.17. The van der Waals surface area contributed by atoms with Gasteiger partial charge in [0.2, 0.25) is 0 Å². The zero-order chi connectivity index (χ0) is 16.7. The Balaban J connectivity index is 1.98. The summed E-state index contributed by atoms with van der Waals surface area (Å²) in [6, 6.07) is 14.4. The molecule has 0 fully saturated rings. The Morgan fingerprint density at radius 1 is 1.13 bits per heavy atom. The number of halogens is 2. The topological polar surface area (TPSA) is 44.7 Å². The van der Waals surface area contributed by atoms with E-state index in [9.17, 15) is 8.78 Å². The van der Waals surface area contributed by atoms with E-state index in [0.717, 1.165) is 11.4 Å². The molecule has 0 heterocycles. The van der Waals surface area contributed by atoms with Gasteiger partial charge < -0.3 is 20.1 Å². The van der Waals surface area contributed by atoms with Crippen molar-refractivity contribution < 1.29 is 18.6 Å². The molecule has 2 aromatic rings. The number of hydrogen-bond donors (Lipinski definition) is 2. The van der Waals surface area contributed by atoms with Crippen LogP contribution in [0.1, 0.15) is 5.56 Å². The maximum atomic E-state index is 12.4. The Labute approximate surface area is 134 Å². The molecule has 0 bridgehead atoms.